The molecule has 0 fully saturated rings. The highest BCUT2D eigenvalue weighted by Crippen LogP contribution is 2.35. The molecule has 0 spiro atoms. The summed E-state index contributed by atoms with van der Waals surface area (Å²) in [5.74, 6) is -0.325. The number of anilines is 1. The number of carbonyl (C=O) groups is 1. The Hall–Kier alpha value is -1.37. The summed E-state index contributed by atoms with van der Waals surface area (Å²) in [6.07, 6.45) is 0. The minimum atomic E-state index is -0.428. The maximum absolute atomic E-state index is 14.5. The zero-order valence-corrected chi connectivity index (χ0v) is 18.9. The number of fused-ring (bicyclic) bond motifs is 1. The van der Waals surface area contributed by atoms with Gasteiger partial charge in [0.05, 0.1) is 12.6 Å². The summed E-state index contributed by atoms with van der Waals surface area (Å²) in [6.45, 7) is 7.59. The van der Waals surface area contributed by atoms with Crippen molar-refractivity contribution >= 4 is 48.0 Å². The van der Waals surface area contributed by atoms with E-state index in [2.05, 4.69) is 24.1 Å². The summed E-state index contributed by atoms with van der Waals surface area (Å²) >= 11 is 6.25. The van der Waals surface area contributed by atoms with Crippen molar-refractivity contribution in [2.75, 3.05) is 37.6 Å². The average molecular weight is 463 g/mol. The van der Waals surface area contributed by atoms with Crippen molar-refractivity contribution in [1.29, 1.82) is 0 Å². The van der Waals surface area contributed by atoms with Gasteiger partial charge in [-0.25, -0.2) is 4.39 Å². The van der Waals surface area contributed by atoms with E-state index in [4.69, 9.17) is 11.6 Å². The molecule has 0 aliphatic carbocycles. The van der Waals surface area contributed by atoms with Crippen LogP contribution in [0.4, 0.5) is 10.1 Å². The van der Waals surface area contributed by atoms with E-state index in [0.29, 0.717) is 17.1 Å². The van der Waals surface area contributed by atoms with Crippen molar-refractivity contribution in [3.8, 4) is 0 Å². The number of rotatable bonds is 6. The number of nitrogens with zero attached hydrogens (tertiary/aromatic N) is 2. The Morgan fingerprint density at radius 2 is 1.83 bits per heavy atom. The van der Waals surface area contributed by atoms with Crippen molar-refractivity contribution in [1.82, 2.24) is 10.2 Å². The van der Waals surface area contributed by atoms with Crippen molar-refractivity contribution in [2.24, 2.45) is 0 Å². The average Bonchev–Trinajstić information content (AvgIpc) is 2.80. The SMILES string of the molecule is CCN(CC)CCN1C(=O)CNC(c2ccccc2F)c2cc(Cl)ccc21.Cl.Cl. The molecule has 2 aromatic carbocycles. The second-order valence-corrected chi connectivity index (χ2v) is 7.05. The second-order valence-electron chi connectivity index (χ2n) is 6.61. The zero-order chi connectivity index (χ0) is 19.4. The van der Waals surface area contributed by atoms with E-state index in [1.54, 1.807) is 29.2 Å². The predicted octanol–water partition coefficient (Wildman–Crippen LogP) is 4.69. The van der Waals surface area contributed by atoms with Crippen LogP contribution >= 0.6 is 36.4 Å². The highest BCUT2D eigenvalue weighted by Gasteiger charge is 2.30. The van der Waals surface area contributed by atoms with Crippen LogP contribution in [0, 0.1) is 5.82 Å². The molecule has 0 saturated carbocycles. The number of likely N-dealkylation sites (N-methyl/N-ethyl adjacent to an activating group) is 1. The third-order valence-corrected chi connectivity index (χ3v) is 5.34. The number of benzene rings is 2. The van der Waals surface area contributed by atoms with E-state index in [-0.39, 0.29) is 43.1 Å². The first-order chi connectivity index (χ1) is 13.0. The van der Waals surface area contributed by atoms with Gasteiger partial charge in [0.25, 0.3) is 0 Å². The zero-order valence-electron chi connectivity index (χ0n) is 16.5. The number of hydrogen-bond donors (Lipinski definition) is 1. The third-order valence-electron chi connectivity index (χ3n) is 5.10. The topological polar surface area (TPSA) is 35.6 Å². The second kappa shape index (κ2) is 11.7. The molecule has 1 atom stereocenters. The fourth-order valence-corrected chi connectivity index (χ4v) is 3.73. The molecule has 0 saturated heterocycles. The third kappa shape index (κ3) is 5.83. The van der Waals surface area contributed by atoms with E-state index >= 15 is 0 Å². The Morgan fingerprint density at radius 3 is 2.48 bits per heavy atom. The molecular weight excluding hydrogens is 436 g/mol. The van der Waals surface area contributed by atoms with Gasteiger partial charge in [-0.3, -0.25) is 10.1 Å². The van der Waals surface area contributed by atoms with Crippen LogP contribution in [0.1, 0.15) is 31.0 Å². The van der Waals surface area contributed by atoms with Gasteiger partial charge >= 0.3 is 0 Å². The number of halogens is 4. The molecule has 1 unspecified atom stereocenters. The van der Waals surface area contributed by atoms with Gasteiger partial charge in [-0.05, 0) is 42.9 Å². The lowest BCUT2D eigenvalue weighted by molar-refractivity contribution is -0.117. The Labute approximate surface area is 189 Å². The molecule has 29 heavy (non-hydrogen) atoms. The minimum absolute atomic E-state index is 0. The van der Waals surface area contributed by atoms with E-state index in [1.165, 1.54) is 6.07 Å². The van der Waals surface area contributed by atoms with Crippen molar-refractivity contribution < 1.29 is 9.18 Å². The van der Waals surface area contributed by atoms with Crippen LogP contribution in [0.3, 0.4) is 0 Å². The number of carbonyl (C=O) groups excluding carboxylic acids is 1. The number of hydrogen-bond acceptors (Lipinski definition) is 3. The van der Waals surface area contributed by atoms with Gasteiger partial charge in [-0.2, -0.15) is 0 Å². The lowest BCUT2D eigenvalue weighted by Gasteiger charge is -2.27. The first-order valence-corrected chi connectivity index (χ1v) is 9.72. The summed E-state index contributed by atoms with van der Waals surface area (Å²) in [6, 6.07) is 11.7. The normalized spacial score (nSPS) is 16.0. The molecule has 0 bridgehead atoms. The van der Waals surface area contributed by atoms with Gasteiger partial charge in [-0.1, -0.05) is 43.6 Å². The molecule has 1 N–H and O–H groups in total. The molecule has 1 aliphatic rings. The van der Waals surface area contributed by atoms with Crippen LogP contribution in [0.2, 0.25) is 5.02 Å². The smallest absolute Gasteiger partial charge is 0.241 e. The fourth-order valence-electron chi connectivity index (χ4n) is 3.54. The molecule has 4 nitrogen and oxygen atoms in total. The van der Waals surface area contributed by atoms with Crippen molar-refractivity contribution in [2.45, 2.75) is 19.9 Å². The van der Waals surface area contributed by atoms with Crippen LogP contribution in [-0.4, -0.2) is 43.5 Å². The van der Waals surface area contributed by atoms with E-state index in [0.717, 1.165) is 30.9 Å². The molecular formula is C21H27Cl3FN3O. The largest absolute Gasteiger partial charge is 0.310 e. The summed E-state index contributed by atoms with van der Waals surface area (Å²) < 4.78 is 14.5. The van der Waals surface area contributed by atoms with Crippen molar-refractivity contribution in [3.05, 3.63) is 64.4 Å². The molecule has 1 heterocycles. The predicted molar refractivity (Wildman–Crippen MR) is 122 cm³/mol. The van der Waals surface area contributed by atoms with Gasteiger partial charge in [0.2, 0.25) is 5.91 Å². The van der Waals surface area contributed by atoms with Gasteiger partial charge in [0.1, 0.15) is 5.82 Å². The fraction of sp³-hybridized carbons (Fsp3) is 0.381. The lowest BCUT2D eigenvalue weighted by atomic mass is 9.96. The summed E-state index contributed by atoms with van der Waals surface area (Å²) in [5, 5.41) is 3.78. The molecule has 3 rings (SSSR count). The molecule has 0 radical (unpaired) electrons. The molecule has 1 aliphatic heterocycles. The van der Waals surface area contributed by atoms with Crippen LogP contribution in [0.5, 0.6) is 0 Å². The standard InChI is InChI=1S/C21H25ClFN3O.2ClH/c1-3-25(4-2)11-12-26-19-10-9-15(22)13-17(19)21(24-14-20(26)27)16-7-5-6-8-18(16)23;;/h5-10,13,21,24H,3-4,11-12,14H2,1-2H3;2*1H. The van der Waals surface area contributed by atoms with Crippen molar-refractivity contribution in [3.63, 3.8) is 0 Å². The highest BCUT2D eigenvalue weighted by molar-refractivity contribution is 6.30. The summed E-state index contributed by atoms with van der Waals surface area (Å²) in [7, 11) is 0. The summed E-state index contributed by atoms with van der Waals surface area (Å²) in [4.78, 5) is 16.9. The maximum Gasteiger partial charge on any atom is 0.241 e. The molecule has 2 aromatic rings. The summed E-state index contributed by atoms with van der Waals surface area (Å²) in [5.41, 5.74) is 2.12. The van der Waals surface area contributed by atoms with Crippen LogP contribution in [0.25, 0.3) is 0 Å². The van der Waals surface area contributed by atoms with Gasteiger partial charge in [0, 0.05) is 29.4 Å². The lowest BCUT2D eigenvalue weighted by Crippen LogP contribution is -2.41. The molecule has 160 valence electrons. The van der Waals surface area contributed by atoms with Crippen LogP contribution in [-0.2, 0) is 4.79 Å². The minimum Gasteiger partial charge on any atom is -0.310 e. The van der Waals surface area contributed by atoms with E-state index in [9.17, 15) is 9.18 Å². The van der Waals surface area contributed by atoms with Gasteiger partial charge < -0.3 is 9.80 Å². The van der Waals surface area contributed by atoms with Gasteiger partial charge in [-0.15, -0.1) is 24.8 Å². The number of amides is 1. The quantitative estimate of drug-likeness (QED) is 0.676. The van der Waals surface area contributed by atoms with Gasteiger partial charge in [0.15, 0.2) is 0 Å². The molecule has 0 aromatic heterocycles. The molecule has 8 heteroatoms. The van der Waals surface area contributed by atoms with Crippen LogP contribution < -0.4 is 10.2 Å². The maximum atomic E-state index is 14.5. The first kappa shape index (κ1) is 25.7. The Balaban J connectivity index is 0.00000210. The highest BCUT2D eigenvalue weighted by atomic mass is 35.5. The number of nitrogens with one attached hydrogen (secondary N) is 1. The Bertz CT molecular complexity index is 818. The van der Waals surface area contributed by atoms with E-state index < -0.39 is 6.04 Å². The van der Waals surface area contributed by atoms with E-state index in [1.807, 2.05) is 12.1 Å². The Kier molecular flexibility index (Phi) is 10.4. The Morgan fingerprint density at radius 1 is 1.14 bits per heavy atom. The monoisotopic (exact) mass is 461 g/mol. The molecule has 1 amide bonds. The first-order valence-electron chi connectivity index (χ1n) is 9.35. The van der Waals surface area contributed by atoms with Crippen LogP contribution in [0.15, 0.2) is 42.5 Å².